The first-order chi connectivity index (χ1) is 13.0. The second-order valence-electron chi connectivity index (χ2n) is 7.31. The third kappa shape index (κ3) is 4.69. The maximum atomic E-state index is 11.8. The Labute approximate surface area is 162 Å². The number of anilines is 1. The van der Waals surface area contributed by atoms with Crippen LogP contribution in [0, 0.1) is 6.92 Å². The predicted octanol–water partition coefficient (Wildman–Crippen LogP) is 4.40. The zero-order chi connectivity index (χ0) is 19.3. The van der Waals surface area contributed by atoms with E-state index in [2.05, 4.69) is 36.1 Å². The molecule has 0 radical (unpaired) electrons. The molecule has 0 amide bonds. The molecule has 0 bridgehead atoms. The molecule has 0 unspecified atom stereocenters. The Morgan fingerprint density at radius 2 is 1.81 bits per heavy atom. The lowest BCUT2D eigenvalue weighted by atomic mass is 9.84. The summed E-state index contributed by atoms with van der Waals surface area (Å²) in [5.41, 5.74) is 4.27. The van der Waals surface area contributed by atoms with Gasteiger partial charge in [0.1, 0.15) is 0 Å². The number of benzene rings is 2. The van der Waals surface area contributed by atoms with Gasteiger partial charge in [-0.25, -0.2) is 4.79 Å². The lowest BCUT2D eigenvalue weighted by molar-refractivity contribution is -0.0289. The molecule has 0 atom stereocenters. The average molecular weight is 367 g/mol. The van der Waals surface area contributed by atoms with Crippen LogP contribution in [0.2, 0.25) is 0 Å². The molecule has 2 aromatic carbocycles. The standard InChI is InChI=1S/C23H29NO3/c1-4-27-22(25)20-8-10-21(11-9-20)24-14-12-23(26-3,13-15-24)17-19-7-5-6-18(2)16-19/h5-11,16H,4,12-15,17H2,1-3H3. The third-order valence-corrected chi connectivity index (χ3v) is 5.46. The van der Waals surface area contributed by atoms with Gasteiger partial charge in [0.15, 0.2) is 0 Å². The van der Waals surface area contributed by atoms with Crippen LogP contribution < -0.4 is 4.90 Å². The van der Waals surface area contributed by atoms with Crippen LogP contribution >= 0.6 is 0 Å². The minimum Gasteiger partial charge on any atom is -0.462 e. The Morgan fingerprint density at radius 1 is 1.11 bits per heavy atom. The van der Waals surface area contributed by atoms with Crippen LogP contribution in [0.25, 0.3) is 0 Å². The van der Waals surface area contributed by atoms with Crippen molar-refractivity contribution in [2.24, 2.45) is 0 Å². The fourth-order valence-electron chi connectivity index (χ4n) is 3.84. The molecule has 0 saturated carbocycles. The summed E-state index contributed by atoms with van der Waals surface area (Å²) in [6.07, 6.45) is 2.91. The topological polar surface area (TPSA) is 38.8 Å². The van der Waals surface area contributed by atoms with Crippen LogP contribution in [0.5, 0.6) is 0 Å². The Kier molecular flexibility index (Phi) is 6.17. The van der Waals surface area contributed by atoms with E-state index in [1.165, 1.54) is 11.1 Å². The zero-order valence-corrected chi connectivity index (χ0v) is 16.5. The molecule has 0 aromatic heterocycles. The van der Waals surface area contributed by atoms with E-state index < -0.39 is 0 Å². The van der Waals surface area contributed by atoms with Gasteiger partial charge in [0.25, 0.3) is 0 Å². The lowest BCUT2D eigenvalue weighted by Crippen LogP contribution is -2.47. The van der Waals surface area contributed by atoms with Crippen molar-refractivity contribution in [1.29, 1.82) is 0 Å². The number of hydrogen-bond acceptors (Lipinski definition) is 4. The highest BCUT2D eigenvalue weighted by Gasteiger charge is 2.34. The molecule has 2 aromatic rings. The summed E-state index contributed by atoms with van der Waals surface area (Å²) in [6, 6.07) is 16.4. The van der Waals surface area contributed by atoms with E-state index in [0.29, 0.717) is 12.2 Å². The van der Waals surface area contributed by atoms with Crippen LogP contribution in [0.15, 0.2) is 48.5 Å². The SMILES string of the molecule is CCOC(=O)c1ccc(N2CCC(Cc3cccc(C)c3)(OC)CC2)cc1. The van der Waals surface area contributed by atoms with Crippen LogP contribution in [0.4, 0.5) is 5.69 Å². The summed E-state index contributed by atoms with van der Waals surface area (Å²) in [7, 11) is 1.83. The zero-order valence-electron chi connectivity index (χ0n) is 16.5. The maximum absolute atomic E-state index is 11.8. The second-order valence-corrected chi connectivity index (χ2v) is 7.31. The molecule has 0 spiro atoms. The summed E-state index contributed by atoms with van der Waals surface area (Å²) in [5.74, 6) is -0.265. The minimum absolute atomic E-state index is 0.102. The molecule has 4 nitrogen and oxygen atoms in total. The highest BCUT2D eigenvalue weighted by atomic mass is 16.5. The quantitative estimate of drug-likeness (QED) is 0.710. The monoisotopic (exact) mass is 367 g/mol. The molecule has 0 aliphatic carbocycles. The van der Waals surface area contributed by atoms with Crippen LogP contribution in [-0.4, -0.2) is 38.4 Å². The van der Waals surface area contributed by atoms with Crippen molar-refractivity contribution in [3.63, 3.8) is 0 Å². The largest absolute Gasteiger partial charge is 0.462 e. The molecular formula is C23H29NO3. The molecular weight excluding hydrogens is 338 g/mol. The van der Waals surface area contributed by atoms with Gasteiger partial charge in [-0.3, -0.25) is 0 Å². The van der Waals surface area contributed by atoms with Gasteiger partial charge in [-0.15, -0.1) is 0 Å². The van der Waals surface area contributed by atoms with Gasteiger partial charge in [-0.05, 0) is 56.5 Å². The number of hydrogen-bond donors (Lipinski definition) is 0. The number of rotatable bonds is 6. The number of aryl methyl sites for hydroxylation is 1. The van der Waals surface area contributed by atoms with E-state index in [1.807, 2.05) is 38.3 Å². The first-order valence-corrected chi connectivity index (χ1v) is 9.68. The van der Waals surface area contributed by atoms with Crippen LogP contribution in [-0.2, 0) is 15.9 Å². The van der Waals surface area contributed by atoms with E-state index in [1.54, 1.807) is 0 Å². The number of methoxy groups -OCH3 is 1. The first-order valence-electron chi connectivity index (χ1n) is 9.68. The smallest absolute Gasteiger partial charge is 0.338 e. The van der Waals surface area contributed by atoms with Crippen LogP contribution in [0.1, 0.15) is 41.3 Å². The van der Waals surface area contributed by atoms with Gasteiger partial charge in [-0.2, -0.15) is 0 Å². The van der Waals surface area contributed by atoms with Crippen molar-refractivity contribution in [2.75, 3.05) is 31.7 Å². The molecule has 1 fully saturated rings. The molecule has 1 saturated heterocycles. The van der Waals surface area contributed by atoms with Gasteiger partial charge >= 0.3 is 5.97 Å². The molecule has 1 heterocycles. The highest BCUT2D eigenvalue weighted by molar-refractivity contribution is 5.89. The van der Waals surface area contributed by atoms with E-state index in [4.69, 9.17) is 9.47 Å². The van der Waals surface area contributed by atoms with E-state index in [-0.39, 0.29) is 11.6 Å². The van der Waals surface area contributed by atoms with E-state index in [9.17, 15) is 4.79 Å². The Hall–Kier alpha value is -2.33. The molecule has 1 aliphatic rings. The van der Waals surface area contributed by atoms with E-state index in [0.717, 1.165) is 38.0 Å². The fourth-order valence-corrected chi connectivity index (χ4v) is 3.84. The number of ether oxygens (including phenoxy) is 2. The number of carbonyl (C=O) groups excluding carboxylic acids is 1. The average Bonchev–Trinajstić information content (AvgIpc) is 2.69. The molecule has 0 N–H and O–H groups in total. The number of piperidine rings is 1. The number of esters is 1. The predicted molar refractivity (Wildman–Crippen MR) is 108 cm³/mol. The maximum Gasteiger partial charge on any atom is 0.338 e. The summed E-state index contributed by atoms with van der Waals surface area (Å²) < 4.78 is 11.0. The summed E-state index contributed by atoms with van der Waals surface area (Å²) in [5, 5.41) is 0. The summed E-state index contributed by atoms with van der Waals surface area (Å²) in [4.78, 5) is 14.2. The summed E-state index contributed by atoms with van der Waals surface area (Å²) >= 11 is 0. The minimum atomic E-state index is -0.265. The molecule has 27 heavy (non-hydrogen) atoms. The van der Waals surface area contributed by atoms with Crippen molar-refractivity contribution < 1.29 is 14.3 Å². The van der Waals surface area contributed by atoms with Crippen LogP contribution in [0.3, 0.4) is 0 Å². The lowest BCUT2D eigenvalue weighted by Gasteiger charge is -2.42. The number of nitrogens with zero attached hydrogens (tertiary/aromatic N) is 1. The van der Waals surface area contributed by atoms with Gasteiger partial charge in [-0.1, -0.05) is 29.8 Å². The Bertz CT molecular complexity index is 761. The molecule has 3 rings (SSSR count). The van der Waals surface area contributed by atoms with Gasteiger partial charge in [0.05, 0.1) is 17.8 Å². The van der Waals surface area contributed by atoms with Crippen molar-refractivity contribution in [1.82, 2.24) is 0 Å². The van der Waals surface area contributed by atoms with Gasteiger partial charge in [0, 0.05) is 32.3 Å². The Morgan fingerprint density at radius 3 is 2.41 bits per heavy atom. The molecule has 4 heteroatoms. The second kappa shape index (κ2) is 8.57. The van der Waals surface area contributed by atoms with Crippen molar-refractivity contribution in [2.45, 2.75) is 38.7 Å². The third-order valence-electron chi connectivity index (χ3n) is 5.46. The Balaban J connectivity index is 1.64. The van der Waals surface area contributed by atoms with E-state index >= 15 is 0 Å². The molecule has 144 valence electrons. The first kappa shape index (κ1) is 19.4. The normalized spacial score (nSPS) is 16.2. The van der Waals surface area contributed by atoms with Gasteiger partial charge in [0.2, 0.25) is 0 Å². The molecule has 1 aliphatic heterocycles. The van der Waals surface area contributed by atoms with Gasteiger partial charge < -0.3 is 14.4 Å². The summed E-state index contributed by atoms with van der Waals surface area (Å²) in [6.45, 7) is 6.23. The van der Waals surface area contributed by atoms with Crippen molar-refractivity contribution in [3.05, 3.63) is 65.2 Å². The highest BCUT2D eigenvalue weighted by Crippen LogP contribution is 2.32. The van der Waals surface area contributed by atoms with Crippen molar-refractivity contribution in [3.8, 4) is 0 Å². The fraction of sp³-hybridized carbons (Fsp3) is 0.435. The number of carbonyl (C=O) groups is 1. The van der Waals surface area contributed by atoms with Crippen molar-refractivity contribution >= 4 is 11.7 Å².